The van der Waals surface area contributed by atoms with Crippen LogP contribution in [-0.2, 0) is 4.74 Å². The number of rotatable bonds is 3. The van der Waals surface area contributed by atoms with Crippen LogP contribution in [0.25, 0.3) is 5.57 Å². The molecule has 22 heavy (non-hydrogen) atoms. The molecule has 0 saturated heterocycles. The Balaban J connectivity index is 3.03. The highest BCUT2D eigenvalue weighted by Gasteiger charge is 2.24. The van der Waals surface area contributed by atoms with E-state index in [2.05, 4.69) is 23.7 Å². The van der Waals surface area contributed by atoms with Crippen LogP contribution in [0.1, 0.15) is 12.0 Å². The Morgan fingerprint density at radius 1 is 1.23 bits per heavy atom. The van der Waals surface area contributed by atoms with Crippen LogP contribution in [0.4, 0.5) is 0 Å². The summed E-state index contributed by atoms with van der Waals surface area (Å²) < 4.78 is 4.84. The van der Waals surface area contributed by atoms with E-state index in [1.54, 1.807) is 13.2 Å². The smallest absolute Gasteiger partial charge is 0.249 e. The lowest BCUT2D eigenvalue weighted by atomic mass is 10.0. The summed E-state index contributed by atoms with van der Waals surface area (Å²) in [6, 6.07) is 12.4. The van der Waals surface area contributed by atoms with Gasteiger partial charge in [0.2, 0.25) is 5.60 Å². The number of allylic oxidation sites excluding steroid dienone is 2. The molecule has 0 heterocycles. The molecular weight excluding hydrogens is 276 g/mol. The molecule has 1 N–H and O–H groups in total. The van der Waals surface area contributed by atoms with Crippen LogP contribution in [0.5, 0.6) is 0 Å². The van der Waals surface area contributed by atoms with Gasteiger partial charge in [-0.3, -0.25) is 0 Å². The van der Waals surface area contributed by atoms with E-state index >= 15 is 0 Å². The van der Waals surface area contributed by atoms with Crippen LogP contribution in [0, 0.1) is 46.3 Å². The van der Waals surface area contributed by atoms with Gasteiger partial charge >= 0.3 is 0 Å². The van der Waals surface area contributed by atoms with Crippen LogP contribution < -0.4 is 0 Å². The van der Waals surface area contributed by atoms with Crippen molar-refractivity contribution in [2.75, 3.05) is 13.7 Å². The maximum atomic E-state index is 9.57. The maximum absolute atomic E-state index is 9.57. The van der Waals surface area contributed by atoms with Gasteiger partial charge in [-0.2, -0.15) is 10.5 Å². The molecule has 0 unspecified atom stereocenters. The summed E-state index contributed by atoms with van der Waals surface area (Å²) in [6.07, 6.45) is 1.38. The number of nitriles is 2. The SMILES string of the molecule is COCC#C/C=C(/C#CCC(O)(C#N)C#N)c1ccccc1. The van der Waals surface area contributed by atoms with E-state index in [9.17, 15) is 5.11 Å². The lowest BCUT2D eigenvalue weighted by Crippen LogP contribution is -2.22. The van der Waals surface area contributed by atoms with E-state index in [-0.39, 0.29) is 6.42 Å². The van der Waals surface area contributed by atoms with Crippen LogP contribution in [-0.4, -0.2) is 24.4 Å². The van der Waals surface area contributed by atoms with Crippen LogP contribution >= 0.6 is 0 Å². The van der Waals surface area contributed by atoms with Crippen molar-refractivity contribution in [1.29, 1.82) is 10.5 Å². The summed E-state index contributed by atoms with van der Waals surface area (Å²) in [7, 11) is 1.56. The monoisotopic (exact) mass is 290 g/mol. The Bertz CT molecular complexity index is 715. The summed E-state index contributed by atoms with van der Waals surface area (Å²) in [6.45, 7) is 0.314. The predicted molar refractivity (Wildman–Crippen MR) is 82.6 cm³/mol. The summed E-state index contributed by atoms with van der Waals surface area (Å²) in [5.74, 6) is 11.1. The van der Waals surface area contributed by atoms with E-state index in [1.807, 2.05) is 30.3 Å². The molecule has 0 saturated carbocycles. The van der Waals surface area contributed by atoms with Crippen molar-refractivity contribution in [3.8, 4) is 35.8 Å². The van der Waals surface area contributed by atoms with Crippen LogP contribution in [0.2, 0.25) is 0 Å². The zero-order valence-electron chi connectivity index (χ0n) is 12.1. The van der Waals surface area contributed by atoms with Crippen molar-refractivity contribution in [3.63, 3.8) is 0 Å². The summed E-state index contributed by atoms with van der Waals surface area (Å²) >= 11 is 0. The third-order valence-corrected chi connectivity index (χ3v) is 2.56. The zero-order chi connectivity index (χ0) is 16.3. The molecule has 0 atom stereocenters. The Hall–Kier alpha value is -3.02. The number of nitrogens with zero attached hydrogens (tertiary/aromatic N) is 2. The van der Waals surface area contributed by atoms with Crippen molar-refractivity contribution >= 4 is 5.57 Å². The van der Waals surface area contributed by atoms with Gasteiger partial charge in [0.25, 0.3) is 0 Å². The Kier molecular flexibility index (Phi) is 6.98. The Labute approximate surface area is 130 Å². The number of benzene rings is 1. The van der Waals surface area contributed by atoms with E-state index in [0.29, 0.717) is 12.2 Å². The lowest BCUT2D eigenvalue weighted by Gasteiger charge is -2.04. The summed E-state index contributed by atoms with van der Waals surface area (Å²) in [5, 5.41) is 27.0. The molecule has 0 bridgehead atoms. The molecule has 0 fully saturated rings. The van der Waals surface area contributed by atoms with Crippen molar-refractivity contribution < 1.29 is 9.84 Å². The number of aliphatic hydroxyl groups is 1. The summed E-state index contributed by atoms with van der Waals surface area (Å²) in [4.78, 5) is 0. The van der Waals surface area contributed by atoms with Crippen molar-refractivity contribution in [3.05, 3.63) is 42.0 Å². The van der Waals surface area contributed by atoms with Gasteiger partial charge in [-0.05, 0) is 5.56 Å². The minimum absolute atomic E-state index is 0.254. The van der Waals surface area contributed by atoms with E-state index in [4.69, 9.17) is 15.3 Å². The minimum Gasteiger partial charge on any atom is -0.372 e. The zero-order valence-corrected chi connectivity index (χ0v) is 12.1. The number of ether oxygens (including phenoxy) is 1. The van der Waals surface area contributed by atoms with E-state index in [0.717, 1.165) is 5.56 Å². The Morgan fingerprint density at radius 3 is 2.50 bits per heavy atom. The predicted octanol–water partition coefficient (Wildman–Crippen LogP) is 1.89. The van der Waals surface area contributed by atoms with Gasteiger partial charge in [0.15, 0.2) is 0 Å². The topological polar surface area (TPSA) is 77.0 Å². The first-order valence-electron chi connectivity index (χ1n) is 6.42. The molecule has 0 spiro atoms. The van der Waals surface area contributed by atoms with Crippen LogP contribution in [0.15, 0.2) is 36.4 Å². The first-order chi connectivity index (χ1) is 10.6. The second-order valence-electron chi connectivity index (χ2n) is 4.24. The fraction of sp³-hybridized carbons (Fsp3) is 0.222. The van der Waals surface area contributed by atoms with Crippen molar-refractivity contribution in [2.45, 2.75) is 12.0 Å². The van der Waals surface area contributed by atoms with Gasteiger partial charge in [-0.25, -0.2) is 0 Å². The molecule has 0 aromatic heterocycles. The average Bonchev–Trinajstić information content (AvgIpc) is 2.57. The van der Waals surface area contributed by atoms with Gasteiger partial charge in [0, 0.05) is 18.8 Å². The fourth-order valence-electron chi connectivity index (χ4n) is 1.42. The molecule has 0 radical (unpaired) electrons. The van der Waals surface area contributed by atoms with Gasteiger partial charge in [-0.15, -0.1) is 0 Å². The molecule has 0 amide bonds. The van der Waals surface area contributed by atoms with Crippen molar-refractivity contribution in [2.24, 2.45) is 0 Å². The molecule has 4 heteroatoms. The molecule has 0 aliphatic carbocycles. The fourth-order valence-corrected chi connectivity index (χ4v) is 1.42. The largest absolute Gasteiger partial charge is 0.372 e. The van der Waals surface area contributed by atoms with Gasteiger partial charge in [-0.1, -0.05) is 54.0 Å². The third-order valence-electron chi connectivity index (χ3n) is 2.56. The molecule has 1 aromatic rings. The van der Waals surface area contributed by atoms with E-state index in [1.165, 1.54) is 12.1 Å². The second kappa shape index (κ2) is 9.02. The number of methoxy groups -OCH3 is 1. The van der Waals surface area contributed by atoms with Gasteiger partial charge in [0.1, 0.15) is 18.7 Å². The van der Waals surface area contributed by atoms with Gasteiger partial charge < -0.3 is 9.84 Å². The number of hydrogen-bond acceptors (Lipinski definition) is 4. The maximum Gasteiger partial charge on any atom is 0.249 e. The van der Waals surface area contributed by atoms with E-state index < -0.39 is 5.60 Å². The van der Waals surface area contributed by atoms with Gasteiger partial charge in [0.05, 0.1) is 6.42 Å². The molecule has 1 aromatic carbocycles. The molecule has 0 aliphatic rings. The molecule has 108 valence electrons. The third kappa shape index (κ3) is 5.54. The molecule has 4 nitrogen and oxygen atoms in total. The molecular formula is C18H14N2O2. The molecule has 1 rings (SSSR count). The average molecular weight is 290 g/mol. The first kappa shape index (κ1) is 17.0. The normalized spacial score (nSPS) is 10.3. The summed E-state index contributed by atoms with van der Waals surface area (Å²) in [5.41, 5.74) is -0.585. The first-order valence-corrected chi connectivity index (χ1v) is 6.42. The second-order valence-corrected chi connectivity index (χ2v) is 4.24. The number of hydrogen-bond donors (Lipinski definition) is 1. The minimum atomic E-state index is -2.09. The highest BCUT2D eigenvalue weighted by atomic mass is 16.5. The Morgan fingerprint density at radius 2 is 1.91 bits per heavy atom. The standard InChI is InChI=1S/C18H14N2O2/c1-22-13-6-5-10-17(16-8-3-2-4-9-16)11-7-12-18(21,14-19)15-20/h2-4,8-10,21H,12-13H2,1H3/b17-10-. The lowest BCUT2D eigenvalue weighted by molar-refractivity contribution is 0.164. The molecule has 0 aliphatic heterocycles. The van der Waals surface area contributed by atoms with Crippen molar-refractivity contribution in [1.82, 2.24) is 0 Å². The highest BCUT2D eigenvalue weighted by Crippen LogP contribution is 2.13. The highest BCUT2D eigenvalue weighted by molar-refractivity contribution is 5.80. The van der Waals surface area contributed by atoms with Crippen LogP contribution in [0.3, 0.4) is 0 Å². The quantitative estimate of drug-likeness (QED) is 0.681.